The van der Waals surface area contributed by atoms with Crippen LogP contribution in [0, 0.1) is 0 Å². The van der Waals surface area contributed by atoms with Gasteiger partial charge in [-0.2, -0.15) is 0 Å². The van der Waals surface area contributed by atoms with Crippen LogP contribution in [-0.4, -0.2) is 25.8 Å². The second kappa shape index (κ2) is 8.37. The van der Waals surface area contributed by atoms with E-state index in [4.69, 9.17) is 9.72 Å². The van der Waals surface area contributed by atoms with Crippen LogP contribution in [0.1, 0.15) is 56.3 Å². The third kappa shape index (κ3) is 3.55. The molecule has 1 saturated carbocycles. The minimum atomic E-state index is -0.298. The molecule has 1 aliphatic carbocycles. The van der Waals surface area contributed by atoms with Crippen molar-refractivity contribution in [2.45, 2.75) is 64.8 Å². The van der Waals surface area contributed by atoms with E-state index in [-0.39, 0.29) is 18.0 Å². The van der Waals surface area contributed by atoms with Gasteiger partial charge in [0.2, 0.25) is 0 Å². The molecule has 7 heteroatoms. The zero-order valence-electron chi connectivity index (χ0n) is 17.1. The van der Waals surface area contributed by atoms with E-state index < -0.39 is 0 Å². The van der Waals surface area contributed by atoms with Crippen LogP contribution in [0.5, 0.6) is 0 Å². The molecule has 1 fully saturated rings. The molecule has 0 bridgehead atoms. The highest BCUT2D eigenvalue weighted by Gasteiger charge is 2.27. The molecule has 154 valence electrons. The van der Waals surface area contributed by atoms with Gasteiger partial charge < -0.3 is 4.74 Å². The maximum absolute atomic E-state index is 13.3. The predicted molar refractivity (Wildman–Crippen MR) is 112 cm³/mol. The van der Waals surface area contributed by atoms with Gasteiger partial charge in [-0.25, -0.2) is 9.78 Å². The number of rotatable bonds is 7. The molecule has 0 N–H and O–H groups in total. The van der Waals surface area contributed by atoms with E-state index in [9.17, 15) is 9.59 Å². The first-order valence-corrected chi connectivity index (χ1v) is 10.4. The summed E-state index contributed by atoms with van der Waals surface area (Å²) in [5, 5.41) is 0. The summed E-state index contributed by atoms with van der Waals surface area (Å²) in [7, 11) is 1.62. The Labute approximate surface area is 169 Å². The fourth-order valence-electron chi connectivity index (χ4n) is 4.39. The van der Waals surface area contributed by atoms with Crippen LogP contribution in [0.4, 0.5) is 0 Å². The van der Waals surface area contributed by atoms with Crippen LogP contribution in [0.25, 0.3) is 11.2 Å². The summed E-state index contributed by atoms with van der Waals surface area (Å²) in [6.45, 7) is 2.99. The topological polar surface area (TPSA) is 71.0 Å². The van der Waals surface area contributed by atoms with Gasteiger partial charge in [-0.3, -0.25) is 18.5 Å². The lowest BCUT2D eigenvalue weighted by Gasteiger charge is -2.13. The Bertz CT molecular complexity index is 1110. The zero-order valence-corrected chi connectivity index (χ0v) is 17.1. The van der Waals surface area contributed by atoms with Gasteiger partial charge in [0.1, 0.15) is 12.6 Å². The molecule has 7 nitrogen and oxygen atoms in total. The van der Waals surface area contributed by atoms with E-state index in [2.05, 4.69) is 0 Å². The van der Waals surface area contributed by atoms with Crippen molar-refractivity contribution < 1.29 is 4.74 Å². The molecule has 0 unspecified atom stereocenters. The summed E-state index contributed by atoms with van der Waals surface area (Å²) in [5.74, 6) is 1.17. The van der Waals surface area contributed by atoms with E-state index in [1.54, 1.807) is 11.7 Å². The van der Waals surface area contributed by atoms with Crippen molar-refractivity contribution >= 4 is 11.2 Å². The van der Waals surface area contributed by atoms with E-state index >= 15 is 0 Å². The number of nitrogens with zero attached hydrogens (tertiary/aromatic N) is 4. The Kier molecular flexibility index (Phi) is 5.67. The molecule has 1 aromatic carbocycles. The lowest BCUT2D eigenvalue weighted by atomic mass is 10.1. The van der Waals surface area contributed by atoms with Crippen molar-refractivity contribution in [3.8, 4) is 0 Å². The lowest BCUT2D eigenvalue weighted by molar-refractivity contribution is 0.130. The highest BCUT2D eigenvalue weighted by atomic mass is 16.5. The van der Waals surface area contributed by atoms with Crippen LogP contribution >= 0.6 is 0 Å². The molecular weight excluding hydrogens is 368 g/mol. The van der Waals surface area contributed by atoms with Gasteiger partial charge in [-0.05, 0) is 24.8 Å². The smallest absolute Gasteiger partial charge is 0.333 e. The largest absolute Gasteiger partial charge is 0.364 e. The van der Waals surface area contributed by atoms with Crippen molar-refractivity contribution in [2.24, 2.45) is 0 Å². The van der Waals surface area contributed by atoms with Gasteiger partial charge in [0.25, 0.3) is 5.56 Å². The van der Waals surface area contributed by atoms with Crippen LogP contribution in [0.15, 0.2) is 39.9 Å². The minimum absolute atomic E-state index is 0.257. The summed E-state index contributed by atoms with van der Waals surface area (Å²) in [6, 6.07) is 9.82. The third-order valence-corrected chi connectivity index (χ3v) is 5.75. The second-order valence-corrected chi connectivity index (χ2v) is 7.78. The minimum Gasteiger partial charge on any atom is -0.364 e. The number of hydrogen-bond donors (Lipinski definition) is 0. The van der Waals surface area contributed by atoms with Crippen molar-refractivity contribution in [2.75, 3.05) is 7.11 Å². The molecule has 0 aliphatic heterocycles. The number of aromatic nitrogens is 4. The van der Waals surface area contributed by atoms with Crippen LogP contribution < -0.4 is 11.2 Å². The Hall–Kier alpha value is -2.67. The number of methoxy groups -OCH3 is 1. The first kappa shape index (κ1) is 19.6. The van der Waals surface area contributed by atoms with Gasteiger partial charge >= 0.3 is 5.69 Å². The summed E-state index contributed by atoms with van der Waals surface area (Å²) in [6.07, 6.45) is 5.15. The molecule has 0 atom stereocenters. The number of hydrogen-bond acceptors (Lipinski definition) is 4. The van der Waals surface area contributed by atoms with Gasteiger partial charge in [0.15, 0.2) is 11.2 Å². The van der Waals surface area contributed by atoms with Crippen molar-refractivity contribution in [1.29, 1.82) is 0 Å². The number of imidazole rings is 1. The molecule has 0 saturated heterocycles. The van der Waals surface area contributed by atoms with E-state index in [1.165, 1.54) is 4.57 Å². The fourth-order valence-corrected chi connectivity index (χ4v) is 4.39. The maximum Gasteiger partial charge on any atom is 0.333 e. The molecular formula is C22H28N4O3. The standard InChI is InChI=1S/C22H28N4O3/c1-3-13-24-21(27)18-20(25(22(24)28)14-16-9-5-4-6-10-16)23-19(26(18)15-29-2)17-11-7-8-12-17/h4-6,9-10,17H,3,7-8,11-15H2,1-2H3. The highest BCUT2D eigenvalue weighted by molar-refractivity contribution is 5.71. The van der Waals surface area contributed by atoms with E-state index in [1.807, 2.05) is 41.8 Å². The van der Waals surface area contributed by atoms with Gasteiger partial charge in [-0.1, -0.05) is 50.1 Å². The summed E-state index contributed by atoms with van der Waals surface area (Å²) >= 11 is 0. The molecule has 0 amide bonds. The highest BCUT2D eigenvalue weighted by Crippen LogP contribution is 2.34. The first-order chi connectivity index (χ1) is 14.2. The van der Waals surface area contributed by atoms with Gasteiger partial charge in [0, 0.05) is 19.6 Å². The van der Waals surface area contributed by atoms with Crippen molar-refractivity contribution in [3.05, 3.63) is 62.6 Å². The Morgan fingerprint density at radius 2 is 1.79 bits per heavy atom. The van der Waals surface area contributed by atoms with Crippen LogP contribution in [-0.2, 0) is 24.6 Å². The second-order valence-electron chi connectivity index (χ2n) is 7.78. The average molecular weight is 396 g/mol. The van der Waals surface area contributed by atoms with Crippen molar-refractivity contribution in [3.63, 3.8) is 0 Å². The fraction of sp³-hybridized carbons (Fsp3) is 0.500. The van der Waals surface area contributed by atoms with Crippen molar-refractivity contribution in [1.82, 2.24) is 18.7 Å². The Balaban J connectivity index is 2.00. The zero-order chi connectivity index (χ0) is 20.4. The Morgan fingerprint density at radius 3 is 2.45 bits per heavy atom. The summed E-state index contributed by atoms with van der Waals surface area (Å²) < 4.78 is 10.3. The molecule has 29 heavy (non-hydrogen) atoms. The average Bonchev–Trinajstić information content (AvgIpc) is 3.38. The monoisotopic (exact) mass is 396 g/mol. The van der Waals surface area contributed by atoms with Crippen LogP contribution in [0.3, 0.4) is 0 Å². The molecule has 2 heterocycles. The van der Waals surface area contributed by atoms with Crippen LogP contribution in [0.2, 0.25) is 0 Å². The first-order valence-electron chi connectivity index (χ1n) is 10.4. The summed E-state index contributed by atoms with van der Waals surface area (Å²) in [4.78, 5) is 31.4. The number of benzene rings is 1. The SMILES string of the molecule is CCCn1c(=O)c2c(nc(C3CCCC3)n2COC)n(Cc2ccccc2)c1=O. The number of fused-ring (bicyclic) bond motifs is 1. The molecule has 1 aliphatic rings. The molecule has 3 aromatic rings. The van der Waals surface area contributed by atoms with E-state index in [0.29, 0.717) is 36.6 Å². The maximum atomic E-state index is 13.3. The molecule has 4 rings (SSSR count). The van der Waals surface area contributed by atoms with Gasteiger partial charge in [-0.15, -0.1) is 0 Å². The third-order valence-electron chi connectivity index (χ3n) is 5.75. The molecule has 2 aromatic heterocycles. The van der Waals surface area contributed by atoms with Gasteiger partial charge in [0.05, 0.1) is 6.54 Å². The number of ether oxygens (including phenoxy) is 1. The Morgan fingerprint density at radius 1 is 1.07 bits per heavy atom. The quantitative estimate of drug-likeness (QED) is 0.615. The summed E-state index contributed by atoms with van der Waals surface area (Å²) in [5.41, 5.74) is 1.37. The molecule has 0 radical (unpaired) electrons. The normalized spacial score (nSPS) is 14.8. The predicted octanol–water partition coefficient (Wildman–Crippen LogP) is 3.08. The van der Waals surface area contributed by atoms with E-state index in [0.717, 1.165) is 37.1 Å². The lowest BCUT2D eigenvalue weighted by Crippen LogP contribution is -2.40. The molecule has 0 spiro atoms.